The number of hydrogen-bond donors (Lipinski definition) is 2. The maximum absolute atomic E-state index is 4.64. The van der Waals surface area contributed by atoms with Crippen LogP contribution in [0.15, 0.2) is 41.8 Å². The first-order chi connectivity index (χ1) is 11.7. The number of halogens is 1. The Labute approximate surface area is 166 Å². The zero-order chi connectivity index (χ0) is 17.2. The van der Waals surface area contributed by atoms with Crippen molar-refractivity contribution < 1.29 is 0 Å². The number of rotatable bonds is 8. The van der Waals surface area contributed by atoms with Crippen molar-refractivity contribution in [2.75, 3.05) is 32.1 Å². The van der Waals surface area contributed by atoms with Gasteiger partial charge in [0, 0.05) is 52.3 Å². The van der Waals surface area contributed by atoms with E-state index in [2.05, 4.69) is 38.7 Å². The number of nitrogens with one attached hydrogen (secondary N) is 2. The average molecular weight is 457 g/mol. The summed E-state index contributed by atoms with van der Waals surface area (Å²) in [4.78, 5) is 11.0. The van der Waals surface area contributed by atoms with Crippen molar-refractivity contribution in [2.24, 2.45) is 4.99 Å². The molecule has 8 heteroatoms. The van der Waals surface area contributed by atoms with Crippen LogP contribution in [0.2, 0.25) is 0 Å². The Morgan fingerprint density at radius 1 is 1.28 bits per heavy atom. The average Bonchev–Trinajstić information content (AvgIpc) is 3.10. The topological polar surface area (TPSA) is 70.4 Å². The molecule has 0 aliphatic heterocycles. The number of anilines is 1. The molecule has 0 aliphatic rings. The summed E-state index contributed by atoms with van der Waals surface area (Å²) in [5.41, 5.74) is 1.14. The number of aromatic nitrogens is 3. The first-order valence-electron chi connectivity index (χ1n) is 8.31. The summed E-state index contributed by atoms with van der Waals surface area (Å²) in [7, 11) is 3.97. The lowest BCUT2D eigenvalue weighted by Gasteiger charge is -2.13. The van der Waals surface area contributed by atoms with E-state index in [0.717, 1.165) is 43.4 Å². The number of aryl methyl sites for hydroxylation is 1. The molecule has 2 N–H and O–H groups in total. The molecular weight excluding hydrogens is 429 g/mol. The highest BCUT2D eigenvalue weighted by Gasteiger charge is 2.01. The molecule has 7 nitrogen and oxygen atoms in total. The van der Waals surface area contributed by atoms with Gasteiger partial charge < -0.3 is 15.5 Å². The Morgan fingerprint density at radius 2 is 2.12 bits per heavy atom. The van der Waals surface area contributed by atoms with Crippen LogP contribution in [0.5, 0.6) is 0 Å². The lowest BCUT2D eigenvalue weighted by molar-refractivity contribution is 0.570. The molecule has 0 saturated carbocycles. The molecular formula is C17H28IN7. The molecule has 0 radical (unpaired) electrons. The summed E-state index contributed by atoms with van der Waals surface area (Å²) in [6.45, 7) is 5.28. The SMILES string of the molecule is CCNC(=NCc1ccnc(N(C)C)c1)NCCCn1cccn1.I. The van der Waals surface area contributed by atoms with E-state index in [1.807, 2.05) is 48.2 Å². The molecule has 138 valence electrons. The maximum Gasteiger partial charge on any atom is 0.191 e. The molecule has 2 rings (SSSR count). The lowest BCUT2D eigenvalue weighted by atomic mass is 10.2. The van der Waals surface area contributed by atoms with E-state index < -0.39 is 0 Å². The lowest BCUT2D eigenvalue weighted by Crippen LogP contribution is -2.38. The van der Waals surface area contributed by atoms with Crippen molar-refractivity contribution in [1.29, 1.82) is 0 Å². The summed E-state index contributed by atoms with van der Waals surface area (Å²) in [6, 6.07) is 6.00. The summed E-state index contributed by atoms with van der Waals surface area (Å²) >= 11 is 0. The summed E-state index contributed by atoms with van der Waals surface area (Å²) in [6.07, 6.45) is 6.59. The Kier molecular flexibility index (Phi) is 9.90. The fourth-order valence-corrected chi connectivity index (χ4v) is 2.20. The number of pyridine rings is 1. The van der Waals surface area contributed by atoms with Gasteiger partial charge in [-0.2, -0.15) is 5.10 Å². The van der Waals surface area contributed by atoms with Crippen molar-refractivity contribution in [3.63, 3.8) is 0 Å². The van der Waals surface area contributed by atoms with E-state index in [9.17, 15) is 0 Å². The Balaban J connectivity index is 0.00000312. The van der Waals surface area contributed by atoms with Crippen molar-refractivity contribution >= 4 is 35.8 Å². The van der Waals surface area contributed by atoms with E-state index in [-0.39, 0.29) is 24.0 Å². The third-order valence-electron chi connectivity index (χ3n) is 3.45. The van der Waals surface area contributed by atoms with Crippen LogP contribution in [0.4, 0.5) is 5.82 Å². The quantitative estimate of drug-likeness (QED) is 0.275. The number of guanidine groups is 1. The van der Waals surface area contributed by atoms with Gasteiger partial charge in [0.25, 0.3) is 0 Å². The summed E-state index contributed by atoms with van der Waals surface area (Å²) in [5, 5.41) is 10.8. The molecule has 0 fully saturated rings. The van der Waals surface area contributed by atoms with E-state index in [1.165, 1.54) is 0 Å². The van der Waals surface area contributed by atoms with Gasteiger partial charge in [0.2, 0.25) is 0 Å². The largest absolute Gasteiger partial charge is 0.363 e. The minimum atomic E-state index is 0. The van der Waals surface area contributed by atoms with E-state index >= 15 is 0 Å². The molecule has 0 amide bonds. The van der Waals surface area contributed by atoms with Gasteiger partial charge >= 0.3 is 0 Å². The zero-order valence-corrected chi connectivity index (χ0v) is 17.5. The zero-order valence-electron chi connectivity index (χ0n) is 15.1. The molecule has 0 bridgehead atoms. The monoisotopic (exact) mass is 457 g/mol. The van der Waals surface area contributed by atoms with E-state index in [1.54, 1.807) is 6.20 Å². The molecule has 0 unspecified atom stereocenters. The van der Waals surface area contributed by atoms with Crippen LogP contribution in [0, 0.1) is 0 Å². The standard InChI is InChI=1S/C17H27N7.HI/c1-4-18-17(20-8-5-11-24-12-6-9-22-24)21-14-15-7-10-19-16(13-15)23(2)3;/h6-7,9-10,12-13H,4-5,8,11,14H2,1-3H3,(H2,18,20,21);1H. The highest BCUT2D eigenvalue weighted by Crippen LogP contribution is 2.10. The van der Waals surface area contributed by atoms with Crippen LogP contribution in [0.25, 0.3) is 0 Å². The molecule has 0 aromatic carbocycles. The smallest absolute Gasteiger partial charge is 0.191 e. The van der Waals surface area contributed by atoms with Gasteiger partial charge in [-0.05, 0) is 37.1 Å². The molecule has 25 heavy (non-hydrogen) atoms. The summed E-state index contributed by atoms with van der Waals surface area (Å²) in [5.74, 6) is 1.78. The molecule has 2 heterocycles. The fraction of sp³-hybridized carbons (Fsp3) is 0.471. The molecule has 0 spiro atoms. The molecule has 2 aromatic rings. The first-order valence-corrected chi connectivity index (χ1v) is 8.31. The van der Waals surface area contributed by atoms with Gasteiger partial charge in [-0.15, -0.1) is 24.0 Å². The number of hydrogen-bond acceptors (Lipinski definition) is 4. The fourth-order valence-electron chi connectivity index (χ4n) is 2.20. The second-order valence-corrected chi connectivity index (χ2v) is 5.66. The predicted octanol–water partition coefficient (Wildman–Crippen LogP) is 2.11. The van der Waals surface area contributed by atoms with Crippen LogP contribution in [0.1, 0.15) is 18.9 Å². The second-order valence-electron chi connectivity index (χ2n) is 5.66. The van der Waals surface area contributed by atoms with Gasteiger partial charge in [-0.1, -0.05) is 0 Å². The van der Waals surface area contributed by atoms with Crippen molar-refractivity contribution in [3.8, 4) is 0 Å². The number of aliphatic imine (C=N–C) groups is 1. The van der Waals surface area contributed by atoms with Crippen LogP contribution in [-0.4, -0.2) is 47.9 Å². The Morgan fingerprint density at radius 3 is 2.80 bits per heavy atom. The van der Waals surface area contributed by atoms with Gasteiger partial charge in [-0.25, -0.2) is 9.98 Å². The Bertz CT molecular complexity index is 626. The molecule has 0 atom stereocenters. The summed E-state index contributed by atoms with van der Waals surface area (Å²) < 4.78 is 1.94. The van der Waals surface area contributed by atoms with Gasteiger partial charge in [-0.3, -0.25) is 4.68 Å². The van der Waals surface area contributed by atoms with Gasteiger partial charge in [0.1, 0.15) is 5.82 Å². The maximum atomic E-state index is 4.64. The van der Waals surface area contributed by atoms with E-state index in [4.69, 9.17) is 0 Å². The van der Waals surface area contributed by atoms with Crippen molar-refractivity contribution in [3.05, 3.63) is 42.4 Å². The van der Waals surface area contributed by atoms with Crippen LogP contribution < -0.4 is 15.5 Å². The van der Waals surface area contributed by atoms with Gasteiger partial charge in [0.15, 0.2) is 5.96 Å². The minimum Gasteiger partial charge on any atom is -0.363 e. The molecule has 0 aliphatic carbocycles. The normalized spacial score (nSPS) is 10.9. The van der Waals surface area contributed by atoms with Crippen LogP contribution >= 0.6 is 24.0 Å². The van der Waals surface area contributed by atoms with Crippen molar-refractivity contribution in [1.82, 2.24) is 25.4 Å². The first kappa shape index (κ1) is 21.2. The predicted molar refractivity (Wildman–Crippen MR) is 114 cm³/mol. The van der Waals surface area contributed by atoms with Gasteiger partial charge in [0.05, 0.1) is 6.54 Å². The highest BCUT2D eigenvalue weighted by atomic mass is 127. The minimum absolute atomic E-state index is 0. The second kappa shape index (κ2) is 11.7. The van der Waals surface area contributed by atoms with Crippen LogP contribution in [0.3, 0.4) is 0 Å². The molecule has 0 saturated heterocycles. The third-order valence-corrected chi connectivity index (χ3v) is 3.45. The Hall–Kier alpha value is -1.84. The van der Waals surface area contributed by atoms with Crippen LogP contribution in [-0.2, 0) is 13.1 Å². The number of nitrogens with zero attached hydrogens (tertiary/aromatic N) is 5. The van der Waals surface area contributed by atoms with E-state index in [0.29, 0.717) is 6.54 Å². The highest BCUT2D eigenvalue weighted by molar-refractivity contribution is 14.0. The third kappa shape index (κ3) is 7.72. The molecule has 2 aromatic heterocycles. The van der Waals surface area contributed by atoms with Crippen molar-refractivity contribution in [2.45, 2.75) is 26.4 Å².